The zero-order valence-corrected chi connectivity index (χ0v) is 9.03. The van der Waals surface area contributed by atoms with Gasteiger partial charge in [0.1, 0.15) is 5.75 Å². The van der Waals surface area contributed by atoms with Crippen LogP contribution < -0.4 is 5.73 Å². The Morgan fingerprint density at radius 2 is 2.00 bits per heavy atom. The summed E-state index contributed by atoms with van der Waals surface area (Å²) < 4.78 is 0. The lowest BCUT2D eigenvalue weighted by Crippen LogP contribution is -2.30. The summed E-state index contributed by atoms with van der Waals surface area (Å²) in [6.07, 6.45) is 0. The van der Waals surface area contributed by atoms with E-state index in [1.807, 2.05) is 13.8 Å². The highest BCUT2D eigenvalue weighted by Crippen LogP contribution is 2.19. The van der Waals surface area contributed by atoms with Crippen molar-refractivity contribution in [2.75, 3.05) is 18.8 Å². The molecule has 1 aromatic carbocycles. The Bertz CT molecular complexity index is 360. The van der Waals surface area contributed by atoms with E-state index in [1.165, 1.54) is 18.2 Å². The summed E-state index contributed by atoms with van der Waals surface area (Å²) in [4.78, 5) is 13.6. The number of carbonyl (C=O) groups excluding carboxylic acids is 1. The highest BCUT2D eigenvalue weighted by atomic mass is 16.3. The van der Waals surface area contributed by atoms with Gasteiger partial charge in [-0.2, -0.15) is 0 Å². The van der Waals surface area contributed by atoms with E-state index in [2.05, 4.69) is 0 Å². The van der Waals surface area contributed by atoms with E-state index in [0.717, 1.165) is 0 Å². The standard InChI is InChI=1S/C11H16N2O2/c1-3-13(4-2)11(15)9-7-8(14)5-6-10(9)12/h5-7,14H,3-4,12H2,1-2H3. The van der Waals surface area contributed by atoms with Gasteiger partial charge in [0.05, 0.1) is 5.56 Å². The minimum absolute atomic E-state index is 0.0553. The summed E-state index contributed by atoms with van der Waals surface area (Å²) in [5.74, 6) is -0.0897. The number of amides is 1. The molecule has 0 saturated carbocycles. The highest BCUT2D eigenvalue weighted by molar-refractivity contribution is 5.99. The molecular formula is C11H16N2O2. The largest absolute Gasteiger partial charge is 0.508 e. The maximum Gasteiger partial charge on any atom is 0.256 e. The molecule has 0 aromatic heterocycles. The van der Waals surface area contributed by atoms with Crippen LogP contribution in [0.5, 0.6) is 5.75 Å². The van der Waals surface area contributed by atoms with E-state index in [-0.39, 0.29) is 11.7 Å². The second-order valence-electron chi connectivity index (χ2n) is 3.25. The molecule has 0 unspecified atom stereocenters. The van der Waals surface area contributed by atoms with Gasteiger partial charge in [-0.05, 0) is 32.0 Å². The molecule has 0 spiro atoms. The van der Waals surface area contributed by atoms with Crippen molar-refractivity contribution in [3.8, 4) is 5.75 Å². The molecule has 3 N–H and O–H groups in total. The maximum atomic E-state index is 11.9. The summed E-state index contributed by atoms with van der Waals surface area (Å²) in [6.45, 7) is 5.07. The molecule has 82 valence electrons. The van der Waals surface area contributed by atoms with Crippen LogP contribution in [-0.4, -0.2) is 29.0 Å². The van der Waals surface area contributed by atoms with Crippen molar-refractivity contribution < 1.29 is 9.90 Å². The number of phenols is 1. The number of hydrogen-bond acceptors (Lipinski definition) is 3. The fourth-order valence-corrected chi connectivity index (χ4v) is 1.41. The van der Waals surface area contributed by atoms with E-state index in [1.54, 1.807) is 4.90 Å². The van der Waals surface area contributed by atoms with Crippen LogP contribution >= 0.6 is 0 Å². The maximum absolute atomic E-state index is 11.9. The molecule has 4 heteroatoms. The topological polar surface area (TPSA) is 66.6 Å². The number of hydrogen-bond donors (Lipinski definition) is 2. The van der Waals surface area contributed by atoms with E-state index < -0.39 is 0 Å². The first kappa shape index (κ1) is 11.4. The van der Waals surface area contributed by atoms with Gasteiger partial charge in [-0.1, -0.05) is 0 Å². The van der Waals surface area contributed by atoms with Gasteiger partial charge >= 0.3 is 0 Å². The van der Waals surface area contributed by atoms with Crippen molar-refractivity contribution in [1.82, 2.24) is 4.90 Å². The molecule has 0 fully saturated rings. The van der Waals surface area contributed by atoms with Gasteiger partial charge in [-0.3, -0.25) is 4.79 Å². The molecule has 0 aliphatic carbocycles. The second kappa shape index (κ2) is 4.68. The van der Waals surface area contributed by atoms with E-state index >= 15 is 0 Å². The van der Waals surface area contributed by atoms with E-state index in [0.29, 0.717) is 24.3 Å². The van der Waals surface area contributed by atoms with Crippen LogP contribution in [0.25, 0.3) is 0 Å². The van der Waals surface area contributed by atoms with Crippen LogP contribution in [0.15, 0.2) is 18.2 Å². The third-order valence-electron chi connectivity index (χ3n) is 2.32. The van der Waals surface area contributed by atoms with Crippen LogP contribution in [0.4, 0.5) is 5.69 Å². The molecule has 4 nitrogen and oxygen atoms in total. The van der Waals surface area contributed by atoms with Crippen LogP contribution in [0, 0.1) is 0 Å². The zero-order chi connectivity index (χ0) is 11.4. The molecule has 1 amide bonds. The monoisotopic (exact) mass is 208 g/mol. The summed E-state index contributed by atoms with van der Waals surface area (Å²) in [7, 11) is 0. The summed E-state index contributed by atoms with van der Waals surface area (Å²) in [5, 5.41) is 9.29. The van der Waals surface area contributed by atoms with Crippen molar-refractivity contribution in [1.29, 1.82) is 0 Å². The molecule has 1 aromatic rings. The van der Waals surface area contributed by atoms with Crippen molar-refractivity contribution in [2.45, 2.75) is 13.8 Å². The number of aromatic hydroxyl groups is 1. The van der Waals surface area contributed by atoms with E-state index in [9.17, 15) is 9.90 Å². The molecule has 0 atom stereocenters. The first-order valence-corrected chi connectivity index (χ1v) is 4.97. The number of phenolic OH excluding ortho intramolecular Hbond substituents is 1. The van der Waals surface area contributed by atoms with Gasteiger partial charge in [0.2, 0.25) is 0 Å². The van der Waals surface area contributed by atoms with Crippen LogP contribution in [-0.2, 0) is 0 Å². The molecule has 0 radical (unpaired) electrons. The quantitative estimate of drug-likeness (QED) is 0.583. The Morgan fingerprint density at radius 1 is 1.40 bits per heavy atom. The average Bonchev–Trinajstić information content (AvgIpc) is 2.23. The van der Waals surface area contributed by atoms with Gasteiger partial charge in [-0.15, -0.1) is 0 Å². The third kappa shape index (κ3) is 2.40. The van der Waals surface area contributed by atoms with Gasteiger partial charge in [0.25, 0.3) is 5.91 Å². The molecule has 0 saturated heterocycles. The lowest BCUT2D eigenvalue weighted by Gasteiger charge is -2.19. The average molecular weight is 208 g/mol. The SMILES string of the molecule is CCN(CC)C(=O)c1cc(O)ccc1N. The van der Waals surface area contributed by atoms with Crippen LogP contribution in [0.1, 0.15) is 24.2 Å². The first-order chi connectivity index (χ1) is 7.10. The Labute approximate surface area is 89.3 Å². The smallest absolute Gasteiger partial charge is 0.256 e. The molecular weight excluding hydrogens is 192 g/mol. The fraction of sp³-hybridized carbons (Fsp3) is 0.364. The van der Waals surface area contributed by atoms with Crippen molar-refractivity contribution in [3.05, 3.63) is 23.8 Å². The Kier molecular flexibility index (Phi) is 3.55. The Balaban J connectivity index is 3.04. The van der Waals surface area contributed by atoms with Gasteiger partial charge < -0.3 is 15.7 Å². The summed E-state index contributed by atoms with van der Waals surface area (Å²) in [6, 6.07) is 4.40. The fourth-order valence-electron chi connectivity index (χ4n) is 1.41. The third-order valence-corrected chi connectivity index (χ3v) is 2.32. The number of carbonyl (C=O) groups is 1. The number of benzene rings is 1. The highest BCUT2D eigenvalue weighted by Gasteiger charge is 2.15. The molecule has 0 aliphatic rings. The normalized spacial score (nSPS) is 10.0. The molecule has 1 rings (SSSR count). The van der Waals surface area contributed by atoms with Gasteiger partial charge in [0.15, 0.2) is 0 Å². The summed E-state index contributed by atoms with van der Waals surface area (Å²) >= 11 is 0. The molecule has 0 heterocycles. The van der Waals surface area contributed by atoms with Crippen molar-refractivity contribution in [2.24, 2.45) is 0 Å². The lowest BCUT2D eigenvalue weighted by molar-refractivity contribution is 0.0773. The Morgan fingerprint density at radius 3 is 2.53 bits per heavy atom. The lowest BCUT2D eigenvalue weighted by atomic mass is 10.1. The molecule has 0 aliphatic heterocycles. The zero-order valence-electron chi connectivity index (χ0n) is 9.03. The van der Waals surface area contributed by atoms with E-state index in [4.69, 9.17) is 5.73 Å². The predicted octanol–water partition coefficient (Wildman–Crippen LogP) is 1.46. The number of nitrogen functional groups attached to an aromatic ring is 1. The van der Waals surface area contributed by atoms with Gasteiger partial charge in [-0.25, -0.2) is 0 Å². The molecule has 0 bridgehead atoms. The first-order valence-electron chi connectivity index (χ1n) is 4.97. The number of anilines is 1. The van der Waals surface area contributed by atoms with Crippen molar-refractivity contribution in [3.63, 3.8) is 0 Å². The minimum Gasteiger partial charge on any atom is -0.508 e. The number of nitrogens with two attached hydrogens (primary N) is 1. The summed E-state index contributed by atoms with van der Waals surface area (Å²) in [5.41, 5.74) is 6.43. The second-order valence-corrected chi connectivity index (χ2v) is 3.25. The van der Waals surface area contributed by atoms with Crippen LogP contribution in [0.2, 0.25) is 0 Å². The van der Waals surface area contributed by atoms with Crippen molar-refractivity contribution >= 4 is 11.6 Å². The Hall–Kier alpha value is -1.71. The predicted molar refractivity (Wildman–Crippen MR) is 59.8 cm³/mol. The number of nitrogens with zero attached hydrogens (tertiary/aromatic N) is 1. The van der Waals surface area contributed by atoms with Gasteiger partial charge in [0, 0.05) is 18.8 Å². The molecule has 15 heavy (non-hydrogen) atoms. The van der Waals surface area contributed by atoms with Crippen LogP contribution in [0.3, 0.4) is 0 Å². The minimum atomic E-state index is -0.145. The number of rotatable bonds is 3.